The minimum Gasteiger partial charge on any atom is -0.484 e. The molecule has 1 aliphatic heterocycles. The van der Waals surface area contributed by atoms with E-state index in [1.54, 1.807) is 13.2 Å². The second kappa shape index (κ2) is 6.63. The van der Waals surface area contributed by atoms with E-state index in [2.05, 4.69) is 21.9 Å². The number of rotatable bonds is 3. The number of likely N-dealkylation sites (N-methyl/N-ethyl adjacent to an activating group) is 1. The number of carbonyl (C=O) groups is 1. The van der Waals surface area contributed by atoms with Crippen LogP contribution in [0.4, 0.5) is 5.69 Å². The predicted molar refractivity (Wildman–Crippen MR) is 98.4 cm³/mol. The van der Waals surface area contributed by atoms with Gasteiger partial charge in [-0.2, -0.15) is 0 Å². The largest absolute Gasteiger partial charge is 0.484 e. The van der Waals surface area contributed by atoms with Gasteiger partial charge in [0.25, 0.3) is 0 Å². The van der Waals surface area contributed by atoms with Crippen LogP contribution >= 0.6 is 0 Å². The van der Waals surface area contributed by atoms with E-state index in [-0.39, 0.29) is 17.9 Å². The van der Waals surface area contributed by atoms with Crippen LogP contribution in [0.1, 0.15) is 25.7 Å². The fourth-order valence-corrected chi connectivity index (χ4v) is 4.10. The standard InChI is InChI=1S/C19H24N4O3/c1-23-10-15(11-3-5-12(6-4-11)19(20)24)26-18-14(23)9-21-13-7-8-16(25-2)22-17(13)18/h7-9,11-12,15H,3-6,10H2,1-2H3,(H2,20,24)/t11-,12-,15?. The van der Waals surface area contributed by atoms with E-state index in [0.29, 0.717) is 11.8 Å². The summed E-state index contributed by atoms with van der Waals surface area (Å²) < 4.78 is 11.7. The normalized spacial score (nSPS) is 25.5. The lowest BCUT2D eigenvalue weighted by molar-refractivity contribution is -0.123. The first-order chi connectivity index (χ1) is 12.6. The third-order valence-electron chi connectivity index (χ3n) is 5.67. The number of aromatic nitrogens is 2. The number of hydrogen-bond acceptors (Lipinski definition) is 6. The molecule has 2 N–H and O–H groups in total. The second-order valence-electron chi connectivity index (χ2n) is 7.24. The predicted octanol–water partition coefficient (Wildman–Crippen LogP) is 2.13. The molecule has 1 saturated carbocycles. The van der Waals surface area contributed by atoms with Crippen LogP contribution in [0, 0.1) is 11.8 Å². The lowest BCUT2D eigenvalue weighted by atomic mass is 9.78. The van der Waals surface area contributed by atoms with Gasteiger partial charge in [0.2, 0.25) is 11.8 Å². The summed E-state index contributed by atoms with van der Waals surface area (Å²) in [4.78, 5) is 22.6. The number of nitrogens with zero attached hydrogens (tertiary/aromatic N) is 3. The number of nitrogens with two attached hydrogens (primary N) is 1. The topological polar surface area (TPSA) is 90.6 Å². The summed E-state index contributed by atoms with van der Waals surface area (Å²) in [6.45, 7) is 0.802. The molecule has 1 fully saturated rings. The van der Waals surface area contributed by atoms with Gasteiger partial charge in [0, 0.05) is 19.0 Å². The molecule has 2 aliphatic rings. The first kappa shape index (κ1) is 16.9. The number of amides is 1. The SMILES string of the molecule is COc1ccc2ncc3c(c2n1)OC([C@H]1CC[C@H](C(N)=O)CC1)CN3C. The zero-order valence-corrected chi connectivity index (χ0v) is 15.1. The molecule has 0 spiro atoms. The summed E-state index contributed by atoms with van der Waals surface area (Å²) in [7, 11) is 3.65. The van der Waals surface area contributed by atoms with Crippen molar-refractivity contribution in [3.63, 3.8) is 0 Å². The van der Waals surface area contributed by atoms with Gasteiger partial charge in [-0.1, -0.05) is 0 Å². The Kier molecular flexibility index (Phi) is 4.30. The van der Waals surface area contributed by atoms with E-state index in [9.17, 15) is 4.79 Å². The van der Waals surface area contributed by atoms with Crippen LogP contribution in [0.3, 0.4) is 0 Å². The van der Waals surface area contributed by atoms with Crippen LogP contribution in [0.2, 0.25) is 0 Å². The Bertz CT molecular complexity index is 833. The lowest BCUT2D eigenvalue weighted by Crippen LogP contribution is -2.44. The molecule has 2 aromatic heterocycles. The average Bonchev–Trinajstić information content (AvgIpc) is 2.67. The number of primary amides is 1. The Morgan fingerprint density at radius 2 is 2.08 bits per heavy atom. The molecule has 3 heterocycles. The van der Waals surface area contributed by atoms with Gasteiger partial charge in [-0.05, 0) is 37.7 Å². The molecule has 26 heavy (non-hydrogen) atoms. The maximum atomic E-state index is 11.4. The molecule has 0 aromatic carbocycles. The number of pyridine rings is 2. The van der Waals surface area contributed by atoms with Crippen LogP contribution in [-0.2, 0) is 4.79 Å². The molecule has 0 bridgehead atoms. The summed E-state index contributed by atoms with van der Waals surface area (Å²) >= 11 is 0. The molecule has 1 aliphatic carbocycles. The Morgan fingerprint density at radius 3 is 2.77 bits per heavy atom. The van der Waals surface area contributed by atoms with Gasteiger partial charge in [-0.25, -0.2) is 4.98 Å². The molecule has 138 valence electrons. The van der Waals surface area contributed by atoms with Gasteiger partial charge in [-0.3, -0.25) is 9.78 Å². The number of carbonyl (C=O) groups excluding carboxylic acids is 1. The van der Waals surface area contributed by atoms with Crippen molar-refractivity contribution < 1.29 is 14.3 Å². The maximum absolute atomic E-state index is 11.4. The zero-order chi connectivity index (χ0) is 18.3. The van der Waals surface area contributed by atoms with Crippen molar-refractivity contribution in [2.75, 3.05) is 25.6 Å². The Hall–Kier alpha value is -2.57. The highest BCUT2D eigenvalue weighted by atomic mass is 16.5. The monoisotopic (exact) mass is 356 g/mol. The molecule has 1 amide bonds. The quantitative estimate of drug-likeness (QED) is 0.906. The third kappa shape index (κ3) is 2.91. The zero-order valence-electron chi connectivity index (χ0n) is 15.1. The maximum Gasteiger partial charge on any atom is 0.220 e. The van der Waals surface area contributed by atoms with Crippen LogP contribution < -0.4 is 20.1 Å². The van der Waals surface area contributed by atoms with E-state index < -0.39 is 0 Å². The molecule has 7 nitrogen and oxygen atoms in total. The van der Waals surface area contributed by atoms with Gasteiger partial charge >= 0.3 is 0 Å². The number of fused-ring (bicyclic) bond motifs is 3. The number of anilines is 1. The number of methoxy groups -OCH3 is 1. The number of hydrogen-bond donors (Lipinski definition) is 1. The van der Waals surface area contributed by atoms with E-state index in [1.165, 1.54) is 0 Å². The van der Waals surface area contributed by atoms with Crippen molar-refractivity contribution >= 4 is 22.6 Å². The minimum absolute atomic E-state index is 0.0100. The van der Waals surface area contributed by atoms with Crippen molar-refractivity contribution in [2.24, 2.45) is 17.6 Å². The molecular weight excluding hydrogens is 332 g/mol. The summed E-state index contributed by atoms with van der Waals surface area (Å²) in [5, 5.41) is 0. The molecule has 0 saturated heterocycles. The van der Waals surface area contributed by atoms with Crippen molar-refractivity contribution in [3.05, 3.63) is 18.3 Å². The third-order valence-corrected chi connectivity index (χ3v) is 5.67. The van der Waals surface area contributed by atoms with Crippen molar-refractivity contribution in [2.45, 2.75) is 31.8 Å². The molecule has 1 unspecified atom stereocenters. The Morgan fingerprint density at radius 1 is 1.31 bits per heavy atom. The summed E-state index contributed by atoms with van der Waals surface area (Å²) in [5.74, 6) is 1.56. The molecule has 2 aromatic rings. The smallest absolute Gasteiger partial charge is 0.220 e. The van der Waals surface area contributed by atoms with Crippen LogP contribution in [0.15, 0.2) is 18.3 Å². The number of ether oxygens (including phenoxy) is 2. The molecule has 4 rings (SSSR count). The minimum atomic E-state index is -0.177. The Balaban J connectivity index is 1.63. The summed E-state index contributed by atoms with van der Waals surface area (Å²) in [5.41, 5.74) is 7.92. The van der Waals surface area contributed by atoms with Crippen molar-refractivity contribution in [1.82, 2.24) is 9.97 Å². The highest BCUT2D eigenvalue weighted by Gasteiger charge is 2.35. The van der Waals surface area contributed by atoms with Gasteiger partial charge in [-0.15, -0.1) is 0 Å². The fraction of sp³-hybridized carbons (Fsp3) is 0.526. The highest BCUT2D eigenvalue weighted by Crippen LogP contribution is 2.41. The van der Waals surface area contributed by atoms with Crippen molar-refractivity contribution in [3.8, 4) is 11.6 Å². The van der Waals surface area contributed by atoms with Crippen LogP contribution in [0.25, 0.3) is 11.0 Å². The van der Waals surface area contributed by atoms with Crippen LogP contribution in [-0.4, -0.2) is 42.7 Å². The second-order valence-corrected chi connectivity index (χ2v) is 7.24. The highest BCUT2D eigenvalue weighted by molar-refractivity contribution is 5.87. The first-order valence-electron chi connectivity index (χ1n) is 9.07. The summed E-state index contributed by atoms with van der Waals surface area (Å²) in [6.07, 6.45) is 5.52. The first-order valence-corrected chi connectivity index (χ1v) is 9.07. The van der Waals surface area contributed by atoms with Gasteiger partial charge in [0.05, 0.1) is 25.4 Å². The van der Waals surface area contributed by atoms with E-state index >= 15 is 0 Å². The summed E-state index contributed by atoms with van der Waals surface area (Å²) in [6, 6.07) is 3.70. The molecule has 7 heteroatoms. The van der Waals surface area contributed by atoms with Crippen LogP contribution in [0.5, 0.6) is 11.6 Å². The molecule has 1 atom stereocenters. The van der Waals surface area contributed by atoms with Gasteiger partial charge in [0.15, 0.2) is 5.75 Å². The van der Waals surface area contributed by atoms with Gasteiger partial charge < -0.3 is 20.1 Å². The van der Waals surface area contributed by atoms with Gasteiger partial charge in [0.1, 0.15) is 17.3 Å². The molecule has 0 radical (unpaired) electrons. The lowest BCUT2D eigenvalue weighted by Gasteiger charge is -2.39. The fourth-order valence-electron chi connectivity index (χ4n) is 4.10. The van der Waals surface area contributed by atoms with E-state index in [1.807, 2.05) is 12.3 Å². The van der Waals surface area contributed by atoms with E-state index in [4.69, 9.17) is 15.2 Å². The van der Waals surface area contributed by atoms with Crippen molar-refractivity contribution in [1.29, 1.82) is 0 Å². The molecular formula is C19H24N4O3. The van der Waals surface area contributed by atoms with E-state index in [0.717, 1.165) is 54.7 Å². The average molecular weight is 356 g/mol. The Labute approximate surface area is 152 Å².